The first-order valence-corrected chi connectivity index (χ1v) is 8.65. The number of ether oxygens (including phenoxy) is 2. The van der Waals surface area contributed by atoms with E-state index >= 15 is 0 Å². The van der Waals surface area contributed by atoms with Crippen LogP contribution in [0.15, 0.2) is 48.9 Å². The van der Waals surface area contributed by atoms with Crippen molar-refractivity contribution in [2.75, 3.05) is 19.7 Å². The van der Waals surface area contributed by atoms with Crippen LogP contribution in [0.1, 0.15) is 29.8 Å². The summed E-state index contributed by atoms with van der Waals surface area (Å²) in [5.74, 6) is 0.777. The van der Waals surface area contributed by atoms with E-state index < -0.39 is 0 Å². The maximum Gasteiger partial charge on any atom is 0.274 e. The van der Waals surface area contributed by atoms with Gasteiger partial charge in [-0.2, -0.15) is 0 Å². The second-order valence-corrected chi connectivity index (χ2v) is 6.67. The predicted octanol–water partition coefficient (Wildman–Crippen LogP) is 2.32. The molecule has 0 N–H and O–H groups in total. The van der Waals surface area contributed by atoms with Crippen LogP contribution in [-0.2, 0) is 4.74 Å². The van der Waals surface area contributed by atoms with Crippen molar-refractivity contribution in [3.63, 3.8) is 0 Å². The Labute approximate surface area is 146 Å². The van der Waals surface area contributed by atoms with E-state index in [-0.39, 0.29) is 17.6 Å². The van der Waals surface area contributed by atoms with Crippen molar-refractivity contribution in [3.05, 3.63) is 54.6 Å². The average molecular weight is 339 g/mol. The van der Waals surface area contributed by atoms with Gasteiger partial charge in [0.15, 0.2) is 0 Å². The van der Waals surface area contributed by atoms with Gasteiger partial charge in [0.25, 0.3) is 5.91 Å². The fourth-order valence-corrected chi connectivity index (χ4v) is 3.70. The molecule has 2 aromatic rings. The molecule has 2 aliphatic rings. The molecule has 1 spiro atoms. The Bertz CT molecular complexity index is 725. The number of hydrogen-bond acceptors (Lipinski definition) is 5. The third-order valence-electron chi connectivity index (χ3n) is 4.83. The van der Waals surface area contributed by atoms with Gasteiger partial charge in [0.1, 0.15) is 17.5 Å². The fourth-order valence-electron chi connectivity index (χ4n) is 3.70. The van der Waals surface area contributed by atoms with Gasteiger partial charge < -0.3 is 14.4 Å². The first-order chi connectivity index (χ1) is 12.2. The number of amides is 1. The number of benzene rings is 1. The first-order valence-electron chi connectivity index (χ1n) is 8.65. The quantitative estimate of drug-likeness (QED) is 0.859. The summed E-state index contributed by atoms with van der Waals surface area (Å²) in [6, 6.07) is 9.80. The summed E-state index contributed by atoms with van der Waals surface area (Å²) in [4.78, 5) is 22.6. The highest BCUT2D eigenvalue weighted by atomic mass is 16.6. The van der Waals surface area contributed by atoms with Crippen LogP contribution in [0.4, 0.5) is 0 Å². The molecule has 2 aliphatic heterocycles. The Balaban J connectivity index is 1.42. The molecular weight excluding hydrogens is 318 g/mol. The van der Waals surface area contributed by atoms with Crippen LogP contribution in [-0.4, -0.2) is 52.2 Å². The van der Waals surface area contributed by atoms with E-state index in [9.17, 15) is 4.79 Å². The Hall–Kier alpha value is -2.47. The van der Waals surface area contributed by atoms with Gasteiger partial charge in [0.05, 0.1) is 24.9 Å². The molecule has 6 nitrogen and oxygen atoms in total. The molecule has 130 valence electrons. The summed E-state index contributed by atoms with van der Waals surface area (Å²) in [7, 11) is 0. The van der Waals surface area contributed by atoms with E-state index in [0.29, 0.717) is 18.8 Å². The summed E-state index contributed by atoms with van der Waals surface area (Å²) >= 11 is 0. The number of carbonyl (C=O) groups excluding carboxylic acids is 1. The minimum Gasteiger partial charge on any atom is -0.488 e. The van der Waals surface area contributed by atoms with Crippen molar-refractivity contribution >= 4 is 5.91 Å². The third kappa shape index (κ3) is 3.49. The molecule has 0 radical (unpaired) electrons. The normalized spacial score (nSPS) is 25.9. The first kappa shape index (κ1) is 16.0. The number of rotatable bonds is 3. The molecule has 0 bridgehead atoms. The molecule has 4 rings (SSSR count). The summed E-state index contributed by atoms with van der Waals surface area (Å²) in [5, 5.41) is 0. The molecule has 3 heterocycles. The zero-order valence-corrected chi connectivity index (χ0v) is 14.0. The minimum atomic E-state index is -0.310. The summed E-state index contributed by atoms with van der Waals surface area (Å²) in [5.41, 5.74) is 0.0740. The van der Waals surface area contributed by atoms with Crippen LogP contribution in [0.2, 0.25) is 0 Å². The van der Waals surface area contributed by atoms with E-state index in [1.165, 1.54) is 6.20 Å². The van der Waals surface area contributed by atoms with Crippen LogP contribution >= 0.6 is 0 Å². The van der Waals surface area contributed by atoms with Crippen LogP contribution < -0.4 is 4.74 Å². The number of aromatic nitrogens is 2. The number of para-hydroxylation sites is 1. The van der Waals surface area contributed by atoms with E-state index in [0.717, 1.165) is 31.6 Å². The number of likely N-dealkylation sites (tertiary alicyclic amines) is 1. The Kier molecular flexibility index (Phi) is 4.36. The van der Waals surface area contributed by atoms with Gasteiger partial charge in [0, 0.05) is 25.4 Å². The third-order valence-corrected chi connectivity index (χ3v) is 4.83. The molecule has 0 saturated carbocycles. The average Bonchev–Trinajstić information content (AvgIpc) is 3.04. The molecule has 1 aromatic heterocycles. The lowest BCUT2D eigenvalue weighted by atomic mass is 9.89. The minimum absolute atomic E-state index is 0.0222. The lowest BCUT2D eigenvalue weighted by molar-refractivity contribution is -0.0454. The van der Waals surface area contributed by atoms with Gasteiger partial charge in [-0.3, -0.25) is 9.78 Å². The molecule has 2 atom stereocenters. The predicted molar refractivity (Wildman–Crippen MR) is 91.3 cm³/mol. The Morgan fingerprint density at radius 1 is 1.28 bits per heavy atom. The molecular formula is C19H21N3O3. The largest absolute Gasteiger partial charge is 0.488 e. The highest BCUT2D eigenvalue weighted by Crippen LogP contribution is 2.36. The maximum atomic E-state index is 12.6. The van der Waals surface area contributed by atoms with E-state index in [1.54, 1.807) is 12.4 Å². The fraction of sp³-hybridized carbons (Fsp3) is 0.421. The zero-order valence-electron chi connectivity index (χ0n) is 14.0. The molecule has 25 heavy (non-hydrogen) atoms. The highest BCUT2D eigenvalue weighted by Gasteiger charge is 2.45. The summed E-state index contributed by atoms with van der Waals surface area (Å²) < 4.78 is 12.2. The monoisotopic (exact) mass is 339 g/mol. The van der Waals surface area contributed by atoms with Gasteiger partial charge in [-0.1, -0.05) is 18.2 Å². The van der Waals surface area contributed by atoms with E-state index in [1.807, 2.05) is 35.2 Å². The lowest BCUT2D eigenvalue weighted by Gasteiger charge is -2.39. The Morgan fingerprint density at radius 2 is 2.16 bits per heavy atom. The topological polar surface area (TPSA) is 64.6 Å². The zero-order chi connectivity index (χ0) is 17.1. The van der Waals surface area contributed by atoms with E-state index in [2.05, 4.69) is 9.97 Å². The van der Waals surface area contributed by atoms with Gasteiger partial charge in [-0.05, 0) is 25.0 Å². The standard InChI is InChI=1S/C19H21N3O3/c23-18(17-12-20-8-9-21-17)22-10-4-7-19(14-22)11-16(13-24-19)25-15-5-2-1-3-6-15/h1-3,5-6,8-9,12,16H,4,7,10-11,13-14H2/t16-,19-/m1/s1. The second-order valence-electron chi connectivity index (χ2n) is 6.67. The SMILES string of the molecule is O=C(c1cnccn1)N1CCC[C@@]2(C[C@@H](Oc3ccccc3)CO2)C1. The number of piperidine rings is 1. The molecule has 6 heteroatoms. The number of nitrogens with zero attached hydrogens (tertiary/aromatic N) is 3. The molecule has 0 aliphatic carbocycles. The molecule has 1 aromatic carbocycles. The smallest absolute Gasteiger partial charge is 0.274 e. The Morgan fingerprint density at radius 3 is 2.96 bits per heavy atom. The van der Waals surface area contributed by atoms with Crippen molar-refractivity contribution in [2.45, 2.75) is 31.0 Å². The van der Waals surface area contributed by atoms with Crippen LogP contribution in [0.25, 0.3) is 0 Å². The molecule has 2 fully saturated rings. The van der Waals surface area contributed by atoms with Crippen molar-refractivity contribution in [3.8, 4) is 5.75 Å². The molecule has 1 amide bonds. The number of hydrogen-bond donors (Lipinski definition) is 0. The van der Waals surface area contributed by atoms with Crippen molar-refractivity contribution in [2.24, 2.45) is 0 Å². The molecule has 0 unspecified atom stereocenters. The van der Waals surface area contributed by atoms with Crippen molar-refractivity contribution < 1.29 is 14.3 Å². The lowest BCUT2D eigenvalue weighted by Crippen LogP contribution is -2.50. The van der Waals surface area contributed by atoms with Gasteiger partial charge >= 0.3 is 0 Å². The van der Waals surface area contributed by atoms with Gasteiger partial charge in [-0.25, -0.2) is 4.98 Å². The summed E-state index contributed by atoms with van der Waals surface area (Å²) in [6.45, 7) is 1.86. The van der Waals surface area contributed by atoms with Crippen LogP contribution in [0.3, 0.4) is 0 Å². The van der Waals surface area contributed by atoms with E-state index in [4.69, 9.17) is 9.47 Å². The van der Waals surface area contributed by atoms with Gasteiger partial charge in [0.2, 0.25) is 0 Å². The van der Waals surface area contributed by atoms with Crippen LogP contribution in [0.5, 0.6) is 5.75 Å². The number of carbonyl (C=O) groups is 1. The maximum absolute atomic E-state index is 12.6. The van der Waals surface area contributed by atoms with Crippen molar-refractivity contribution in [1.82, 2.24) is 14.9 Å². The second kappa shape index (κ2) is 6.80. The van der Waals surface area contributed by atoms with Gasteiger partial charge in [-0.15, -0.1) is 0 Å². The van der Waals surface area contributed by atoms with Crippen molar-refractivity contribution in [1.29, 1.82) is 0 Å². The van der Waals surface area contributed by atoms with Crippen LogP contribution in [0, 0.1) is 0 Å². The molecule has 2 saturated heterocycles. The summed E-state index contributed by atoms with van der Waals surface area (Å²) in [6.07, 6.45) is 7.32. The highest BCUT2D eigenvalue weighted by molar-refractivity contribution is 5.92.